The van der Waals surface area contributed by atoms with E-state index in [9.17, 15) is 19.2 Å². The summed E-state index contributed by atoms with van der Waals surface area (Å²) in [6.45, 7) is 1.30. The zero-order valence-corrected chi connectivity index (χ0v) is 11.0. The Bertz CT molecular complexity index is 383. The highest BCUT2D eigenvalue weighted by Gasteiger charge is 2.23. The number of esters is 2. The summed E-state index contributed by atoms with van der Waals surface area (Å²) in [6.07, 6.45) is 0. The number of hydrogen-bond acceptors (Lipinski definition) is 9. The summed E-state index contributed by atoms with van der Waals surface area (Å²) in [5.74, 6) is -3.73. The fourth-order valence-electron chi connectivity index (χ4n) is 0.836. The van der Waals surface area contributed by atoms with Crippen LogP contribution in [0.5, 0.6) is 0 Å². The van der Waals surface area contributed by atoms with Crippen LogP contribution in [0.15, 0.2) is 0 Å². The van der Waals surface area contributed by atoms with Crippen molar-refractivity contribution in [3.05, 3.63) is 0 Å². The van der Waals surface area contributed by atoms with Gasteiger partial charge in [-0.1, -0.05) is 0 Å². The molecule has 0 fully saturated rings. The normalized spacial score (nSPS) is 12.9. The molecule has 0 rings (SSSR count). The molecule has 10 heteroatoms. The molecule has 2 atom stereocenters. The number of hydrogen-bond donors (Lipinski definition) is 3. The van der Waals surface area contributed by atoms with Gasteiger partial charge < -0.3 is 25.2 Å². The van der Waals surface area contributed by atoms with Crippen LogP contribution in [0.1, 0.15) is 13.8 Å². The molecule has 0 aromatic heterocycles. The molecule has 0 amide bonds. The second-order valence-electron chi connectivity index (χ2n) is 3.64. The van der Waals surface area contributed by atoms with Gasteiger partial charge in [-0.25, -0.2) is 4.79 Å². The molecule has 0 unspecified atom stereocenters. The summed E-state index contributed by atoms with van der Waals surface area (Å²) < 4.78 is 8.94. The van der Waals surface area contributed by atoms with Gasteiger partial charge in [0.1, 0.15) is 19.3 Å². The highest BCUT2D eigenvalue weighted by molar-refractivity contribution is 5.77. The largest absolute Gasteiger partial charge is 0.480 e. The smallest absolute Gasteiger partial charge is 0.345 e. The Morgan fingerprint density at radius 3 is 2.05 bits per heavy atom. The van der Waals surface area contributed by atoms with E-state index in [2.05, 4.69) is 14.3 Å². The van der Waals surface area contributed by atoms with Crippen molar-refractivity contribution in [3.63, 3.8) is 0 Å². The zero-order valence-electron chi connectivity index (χ0n) is 11.0. The lowest BCUT2D eigenvalue weighted by atomic mass is 10.3. The van der Waals surface area contributed by atoms with Crippen molar-refractivity contribution in [2.24, 2.45) is 5.73 Å². The Balaban J connectivity index is 4.19. The maximum absolute atomic E-state index is 11.3. The quantitative estimate of drug-likeness (QED) is 0.258. The van der Waals surface area contributed by atoms with Gasteiger partial charge in [-0.2, -0.15) is 0 Å². The van der Waals surface area contributed by atoms with Crippen molar-refractivity contribution < 1.29 is 38.6 Å². The minimum Gasteiger partial charge on any atom is -0.480 e. The highest BCUT2D eigenvalue weighted by atomic mass is 16.7. The SMILES string of the molecule is CC(=O)OC[C@H](NOC(=O)[C@@H](N)COC(C)=O)C(=O)O. The molecule has 0 radical (unpaired) electrons. The molecular formula is C10H16N2O8. The maximum atomic E-state index is 11.3. The second kappa shape index (κ2) is 8.82. The van der Waals surface area contributed by atoms with Crippen molar-refractivity contribution in [2.75, 3.05) is 13.2 Å². The lowest BCUT2D eigenvalue weighted by Gasteiger charge is -2.15. The number of nitrogens with two attached hydrogens (primary N) is 1. The maximum Gasteiger partial charge on any atom is 0.345 e. The van der Waals surface area contributed by atoms with Gasteiger partial charge in [0.25, 0.3) is 0 Å². The number of hydroxylamine groups is 1. The lowest BCUT2D eigenvalue weighted by Crippen LogP contribution is -2.46. The minimum atomic E-state index is -1.44. The zero-order chi connectivity index (χ0) is 15.7. The number of carboxylic acid groups (broad SMARTS) is 1. The Labute approximate surface area is 114 Å². The molecule has 4 N–H and O–H groups in total. The summed E-state index contributed by atoms with van der Waals surface area (Å²) in [4.78, 5) is 47.5. The van der Waals surface area contributed by atoms with Gasteiger partial charge in [0.05, 0.1) is 0 Å². The molecule has 0 aliphatic rings. The molecule has 0 saturated heterocycles. The van der Waals surface area contributed by atoms with Gasteiger partial charge in [0.15, 0.2) is 6.04 Å². The van der Waals surface area contributed by atoms with Crippen molar-refractivity contribution in [3.8, 4) is 0 Å². The summed E-state index contributed by atoms with van der Waals surface area (Å²) in [5.41, 5.74) is 7.22. The van der Waals surface area contributed by atoms with Crippen LogP contribution in [0.25, 0.3) is 0 Å². The average Bonchev–Trinajstić information content (AvgIpc) is 2.34. The first-order valence-electron chi connectivity index (χ1n) is 5.45. The number of rotatable bonds is 8. The molecular weight excluding hydrogens is 276 g/mol. The number of nitrogens with one attached hydrogen (secondary N) is 1. The van der Waals surface area contributed by atoms with Crippen molar-refractivity contribution >= 4 is 23.9 Å². The minimum absolute atomic E-state index is 0.405. The van der Waals surface area contributed by atoms with Crippen LogP contribution >= 0.6 is 0 Å². The van der Waals surface area contributed by atoms with E-state index in [0.29, 0.717) is 0 Å². The van der Waals surface area contributed by atoms with Gasteiger partial charge in [-0.3, -0.25) is 14.4 Å². The monoisotopic (exact) mass is 292 g/mol. The lowest BCUT2D eigenvalue weighted by molar-refractivity contribution is -0.163. The third-order valence-corrected chi connectivity index (χ3v) is 1.82. The predicted octanol–water partition coefficient (Wildman–Crippen LogP) is -2.06. The first-order valence-corrected chi connectivity index (χ1v) is 5.45. The molecule has 114 valence electrons. The third kappa shape index (κ3) is 8.00. The summed E-state index contributed by atoms with van der Waals surface area (Å²) >= 11 is 0. The fraction of sp³-hybridized carbons (Fsp3) is 0.600. The van der Waals surface area contributed by atoms with Gasteiger partial charge in [0, 0.05) is 13.8 Å². The Hall–Kier alpha value is -2.20. The van der Waals surface area contributed by atoms with E-state index in [1.165, 1.54) is 0 Å². The standard InChI is InChI=1S/C10H16N2O8/c1-5(13)18-3-7(11)10(17)20-12-8(9(15)16)4-19-6(2)14/h7-8,12H,3-4,11H2,1-2H3,(H,15,16)/t7-,8-/m0/s1. The van der Waals surface area contributed by atoms with Crippen LogP contribution in [0.4, 0.5) is 0 Å². The molecule has 0 aliphatic carbocycles. The van der Waals surface area contributed by atoms with Crippen molar-refractivity contribution in [1.82, 2.24) is 5.48 Å². The van der Waals surface area contributed by atoms with Crippen LogP contribution in [0.2, 0.25) is 0 Å². The van der Waals surface area contributed by atoms with E-state index in [1.807, 2.05) is 5.48 Å². The number of carbonyl (C=O) groups excluding carboxylic acids is 3. The molecule has 10 nitrogen and oxygen atoms in total. The van der Waals surface area contributed by atoms with E-state index < -0.39 is 49.2 Å². The number of aliphatic carboxylic acids is 1. The first-order chi connectivity index (χ1) is 9.23. The van der Waals surface area contributed by atoms with Gasteiger partial charge in [-0.15, -0.1) is 5.48 Å². The molecule has 0 spiro atoms. The summed E-state index contributed by atoms with van der Waals surface area (Å²) in [5, 5.41) is 8.77. The fourth-order valence-corrected chi connectivity index (χ4v) is 0.836. The Morgan fingerprint density at radius 1 is 1.10 bits per heavy atom. The molecule has 0 saturated carbocycles. The van der Waals surface area contributed by atoms with Gasteiger partial charge in [0.2, 0.25) is 0 Å². The van der Waals surface area contributed by atoms with Crippen LogP contribution < -0.4 is 11.2 Å². The molecule has 0 heterocycles. The van der Waals surface area contributed by atoms with Crippen LogP contribution in [0.3, 0.4) is 0 Å². The van der Waals surface area contributed by atoms with Crippen LogP contribution in [-0.2, 0) is 33.5 Å². The molecule has 20 heavy (non-hydrogen) atoms. The highest BCUT2D eigenvalue weighted by Crippen LogP contribution is 1.92. The Kier molecular flexibility index (Phi) is 7.85. The third-order valence-electron chi connectivity index (χ3n) is 1.82. The molecule has 0 aromatic rings. The van der Waals surface area contributed by atoms with Gasteiger partial charge in [-0.05, 0) is 0 Å². The van der Waals surface area contributed by atoms with Gasteiger partial charge >= 0.3 is 23.9 Å². The van der Waals surface area contributed by atoms with Crippen molar-refractivity contribution in [2.45, 2.75) is 25.9 Å². The summed E-state index contributed by atoms with van der Waals surface area (Å²) in [6, 6.07) is -2.71. The summed E-state index contributed by atoms with van der Waals surface area (Å²) in [7, 11) is 0. The van der Waals surface area contributed by atoms with E-state index in [1.54, 1.807) is 0 Å². The molecule has 0 bridgehead atoms. The van der Waals surface area contributed by atoms with E-state index in [-0.39, 0.29) is 0 Å². The topological polar surface area (TPSA) is 154 Å². The number of carbonyl (C=O) groups is 4. The van der Waals surface area contributed by atoms with E-state index >= 15 is 0 Å². The van der Waals surface area contributed by atoms with Crippen LogP contribution in [-0.4, -0.2) is 54.3 Å². The Morgan fingerprint density at radius 2 is 1.60 bits per heavy atom. The molecule has 0 aromatic carbocycles. The van der Waals surface area contributed by atoms with Crippen LogP contribution in [0, 0.1) is 0 Å². The van der Waals surface area contributed by atoms with E-state index in [0.717, 1.165) is 13.8 Å². The second-order valence-corrected chi connectivity index (χ2v) is 3.64. The average molecular weight is 292 g/mol. The van der Waals surface area contributed by atoms with E-state index in [4.69, 9.17) is 10.8 Å². The molecule has 0 aliphatic heterocycles. The first kappa shape index (κ1) is 17.8. The van der Waals surface area contributed by atoms with Crippen molar-refractivity contribution in [1.29, 1.82) is 0 Å². The predicted molar refractivity (Wildman–Crippen MR) is 61.9 cm³/mol. The number of ether oxygens (including phenoxy) is 2. The number of carboxylic acids is 1.